The standard InChI is InChI=1S/C20H14F3NO4S/c1-9-4-3-5-10(6-9)18-15(20(26)27)13(8-29-18)24-19(25)14-11(21)7-12(22)17(28-2)16(14)23/h3-8H,1-2H3,(H,24,25)(H,26,27). The van der Waals surface area contributed by atoms with Crippen molar-refractivity contribution in [2.24, 2.45) is 0 Å². The number of aromatic carboxylic acids is 1. The number of nitrogens with one attached hydrogen (secondary N) is 1. The maximum Gasteiger partial charge on any atom is 0.339 e. The van der Waals surface area contributed by atoms with Crippen LogP contribution in [0.3, 0.4) is 0 Å². The Balaban J connectivity index is 2.04. The minimum absolute atomic E-state index is 0.133. The van der Waals surface area contributed by atoms with Crippen molar-refractivity contribution < 1.29 is 32.6 Å². The predicted octanol–water partition coefficient (Wildman–Crippen LogP) is 5.10. The molecule has 2 N–H and O–H groups in total. The summed E-state index contributed by atoms with van der Waals surface area (Å²) in [5, 5.41) is 13.2. The van der Waals surface area contributed by atoms with E-state index in [-0.39, 0.29) is 11.3 Å². The number of thiophene rings is 1. The fraction of sp³-hybridized carbons (Fsp3) is 0.100. The molecule has 0 spiro atoms. The van der Waals surface area contributed by atoms with E-state index in [0.29, 0.717) is 16.5 Å². The molecule has 9 heteroatoms. The molecule has 3 aromatic rings. The van der Waals surface area contributed by atoms with Crippen molar-refractivity contribution in [3.63, 3.8) is 0 Å². The van der Waals surface area contributed by atoms with Crippen LogP contribution in [0.25, 0.3) is 10.4 Å². The second-order valence-electron chi connectivity index (χ2n) is 6.04. The lowest BCUT2D eigenvalue weighted by Gasteiger charge is -2.11. The van der Waals surface area contributed by atoms with E-state index in [1.165, 1.54) is 5.38 Å². The summed E-state index contributed by atoms with van der Waals surface area (Å²) >= 11 is 1.05. The smallest absolute Gasteiger partial charge is 0.339 e. The van der Waals surface area contributed by atoms with Crippen LogP contribution in [0, 0.1) is 24.4 Å². The van der Waals surface area contributed by atoms with Crippen molar-refractivity contribution in [3.05, 3.63) is 69.9 Å². The second kappa shape index (κ2) is 7.96. The number of aryl methyl sites for hydroxylation is 1. The highest BCUT2D eigenvalue weighted by atomic mass is 32.1. The first-order chi connectivity index (χ1) is 13.7. The molecule has 1 amide bonds. The second-order valence-corrected chi connectivity index (χ2v) is 6.92. The van der Waals surface area contributed by atoms with Crippen LogP contribution in [0.15, 0.2) is 35.7 Å². The molecular weight excluding hydrogens is 407 g/mol. The first-order valence-corrected chi connectivity index (χ1v) is 9.07. The number of benzene rings is 2. The van der Waals surface area contributed by atoms with E-state index in [9.17, 15) is 27.9 Å². The highest BCUT2D eigenvalue weighted by Gasteiger charge is 2.27. The summed E-state index contributed by atoms with van der Waals surface area (Å²) in [5.74, 6) is -7.77. The largest absolute Gasteiger partial charge is 0.491 e. The van der Waals surface area contributed by atoms with Crippen LogP contribution in [-0.4, -0.2) is 24.1 Å². The highest BCUT2D eigenvalue weighted by Crippen LogP contribution is 2.37. The molecule has 0 saturated heterocycles. The maximum atomic E-state index is 14.3. The van der Waals surface area contributed by atoms with Crippen LogP contribution in [0.4, 0.5) is 18.9 Å². The quantitative estimate of drug-likeness (QED) is 0.601. The first-order valence-electron chi connectivity index (χ1n) is 8.19. The summed E-state index contributed by atoms with van der Waals surface area (Å²) in [6.45, 7) is 1.84. The molecule has 0 bridgehead atoms. The van der Waals surface area contributed by atoms with Gasteiger partial charge >= 0.3 is 5.97 Å². The molecule has 0 fully saturated rings. The predicted molar refractivity (Wildman–Crippen MR) is 102 cm³/mol. The highest BCUT2D eigenvalue weighted by molar-refractivity contribution is 7.14. The summed E-state index contributed by atoms with van der Waals surface area (Å²) in [4.78, 5) is 24.6. The molecule has 0 aliphatic carbocycles. The molecule has 0 unspecified atom stereocenters. The Morgan fingerprint density at radius 1 is 1.10 bits per heavy atom. The van der Waals surface area contributed by atoms with E-state index >= 15 is 0 Å². The molecular formula is C20H14F3NO4S. The fourth-order valence-electron chi connectivity index (χ4n) is 2.81. The number of ether oxygens (including phenoxy) is 1. The van der Waals surface area contributed by atoms with E-state index in [2.05, 4.69) is 10.1 Å². The van der Waals surface area contributed by atoms with Crippen molar-refractivity contribution in [1.29, 1.82) is 0 Å². The summed E-state index contributed by atoms with van der Waals surface area (Å²) in [6.07, 6.45) is 0. The van der Waals surface area contributed by atoms with Crippen molar-refractivity contribution >= 4 is 28.9 Å². The van der Waals surface area contributed by atoms with Gasteiger partial charge in [0, 0.05) is 11.4 Å². The van der Waals surface area contributed by atoms with Crippen LogP contribution >= 0.6 is 11.3 Å². The number of carbonyl (C=O) groups excluding carboxylic acids is 1. The van der Waals surface area contributed by atoms with Gasteiger partial charge in [0.1, 0.15) is 16.9 Å². The van der Waals surface area contributed by atoms with Crippen LogP contribution in [0.5, 0.6) is 5.75 Å². The topological polar surface area (TPSA) is 75.6 Å². The Morgan fingerprint density at radius 2 is 1.83 bits per heavy atom. The van der Waals surface area contributed by atoms with Gasteiger partial charge in [-0.25, -0.2) is 18.0 Å². The molecule has 0 saturated carbocycles. The Hall–Kier alpha value is -3.33. The van der Waals surface area contributed by atoms with Crippen molar-refractivity contribution in [3.8, 4) is 16.2 Å². The molecule has 0 atom stereocenters. The molecule has 29 heavy (non-hydrogen) atoms. The molecule has 0 aliphatic heterocycles. The minimum Gasteiger partial charge on any atom is -0.491 e. The van der Waals surface area contributed by atoms with Crippen LogP contribution < -0.4 is 10.1 Å². The van der Waals surface area contributed by atoms with Gasteiger partial charge in [0.2, 0.25) is 0 Å². The molecule has 1 heterocycles. The van der Waals surface area contributed by atoms with Gasteiger partial charge in [0.05, 0.1) is 17.7 Å². The zero-order valence-corrected chi connectivity index (χ0v) is 16.0. The van der Waals surface area contributed by atoms with Crippen molar-refractivity contribution in [1.82, 2.24) is 0 Å². The monoisotopic (exact) mass is 421 g/mol. The number of carboxylic acid groups (broad SMARTS) is 1. The number of halogens is 3. The molecule has 0 aliphatic rings. The third-order valence-corrected chi connectivity index (χ3v) is 5.12. The van der Waals surface area contributed by atoms with E-state index in [1.54, 1.807) is 18.2 Å². The van der Waals surface area contributed by atoms with E-state index < -0.39 is 40.6 Å². The number of carboxylic acids is 1. The molecule has 1 aromatic heterocycles. The Bertz CT molecular complexity index is 1130. The SMILES string of the molecule is COc1c(F)cc(F)c(C(=O)Nc2csc(-c3cccc(C)c3)c2C(=O)O)c1F. The zero-order chi connectivity index (χ0) is 21.3. The average molecular weight is 421 g/mol. The van der Waals surface area contributed by atoms with Crippen LogP contribution in [0.2, 0.25) is 0 Å². The third-order valence-electron chi connectivity index (χ3n) is 4.09. The Morgan fingerprint density at radius 3 is 2.45 bits per heavy atom. The minimum atomic E-state index is -1.52. The summed E-state index contributed by atoms with van der Waals surface area (Å²) in [5.41, 5.74) is 0.0897. The van der Waals surface area contributed by atoms with E-state index in [4.69, 9.17) is 0 Å². The van der Waals surface area contributed by atoms with Gasteiger partial charge in [-0.1, -0.05) is 29.8 Å². The molecule has 150 valence electrons. The lowest BCUT2D eigenvalue weighted by Crippen LogP contribution is -2.18. The van der Waals surface area contributed by atoms with Gasteiger partial charge in [-0.2, -0.15) is 0 Å². The van der Waals surface area contributed by atoms with Gasteiger partial charge in [-0.3, -0.25) is 4.79 Å². The first kappa shape index (κ1) is 20.4. The number of carbonyl (C=O) groups is 2. The molecule has 2 aromatic carbocycles. The maximum absolute atomic E-state index is 14.3. The van der Waals surface area contributed by atoms with Gasteiger partial charge in [0.15, 0.2) is 17.4 Å². The average Bonchev–Trinajstić information content (AvgIpc) is 3.05. The number of hydrogen-bond acceptors (Lipinski definition) is 4. The number of anilines is 1. The van der Waals surface area contributed by atoms with Gasteiger partial charge in [-0.05, 0) is 12.5 Å². The molecule has 5 nitrogen and oxygen atoms in total. The van der Waals surface area contributed by atoms with E-state index in [1.807, 2.05) is 13.0 Å². The van der Waals surface area contributed by atoms with E-state index in [0.717, 1.165) is 24.0 Å². The number of rotatable bonds is 5. The lowest BCUT2D eigenvalue weighted by molar-refractivity contribution is 0.0699. The lowest BCUT2D eigenvalue weighted by atomic mass is 10.1. The van der Waals surface area contributed by atoms with Crippen molar-refractivity contribution in [2.75, 3.05) is 12.4 Å². The molecule has 0 radical (unpaired) electrons. The van der Waals surface area contributed by atoms with Crippen molar-refractivity contribution in [2.45, 2.75) is 6.92 Å². The molecule has 3 rings (SSSR count). The van der Waals surface area contributed by atoms with Crippen LogP contribution in [0.1, 0.15) is 26.3 Å². The number of hydrogen-bond donors (Lipinski definition) is 2. The summed E-state index contributed by atoms with van der Waals surface area (Å²) in [6, 6.07) is 7.40. The number of amides is 1. The van der Waals surface area contributed by atoms with Gasteiger partial charge < -0.3 is 15.2 Å². The third kappa shape index (κ3) is 3.81. The zero-order valence-electron chi connectivity index (χ0n) is 15.2. The summed E-state index contributed by atoms with van der Waals surface area (Å²) < 4.78 is 46.5. The Labute approximate surface area is 167 Å². The normalized spacial score (nSPS) is 10.7. The summed E-state index contributed by atoms with van der Waals surface area (Å²) in [7, 11) is 0.969. The van der Waals surface area contributed by atoms with Gasteiger partial charge in [0.25, 0.3) is 5.91 Å². The fourth-order valence-corrected chi connectivity index (χ4v) is 3.80. The Kier molecular flexibility index (Phi) is 5.60. The van der Waals surface area contributed by atoms with Gasteiger partial charge in [-0.15, -0.1) is 11.3 Å². The van der Waals surface area contributed by atoms with Crippen LogP contribution in [-0.2, 0) is 0 Å². The number of methoxy groups -OCH3 is 1.